The van der Waals surface area contributed by atoms with Gasteiger partial charge in [0, 0.05) is 18.7 Å². The van der Waals surface area contributed by atoms with Crippen molar-refractivity contribution in [1.82, 2.24) is 40.4 Å². The number of likely N-dealkylation sites (tertiary alicyclic amines) is 2. The average Bonchev–Trinajstić information content (AvgIpc) is 4.07. The second-order valence-electron chi connectivity index (χ2n) is 16.6. The lowest BCUT2D eigenvalue weighted by Gasteiger charge is -2.37. The Morgan fingerprint density at radius 1 is 0.741 bits per heavy atom. The normalized spacial score (nSPS) is 20.0. The van der Waals surface area contributed by atoms with Crippen LogP contribution in [0.2, 0.25) is 0 Å². The summed E-state index contributed by atoms with van der Waals surface area (Å²) in [5, 5.41) is 5.45. The summed E-state index contributed by atoms with van der Waals surface area (Å²) in [4.78, 5) is 71.9. The van der Waals surface area contributed by atoms with Crippen molar-refractivity contribution in [3.8, 4) is 33.6 Å². The lowest BCUT2D eigenvalue weighted by Crippen LogP contribution is -2.55. The third-order valence-electron chi connectivity index (χ3n) is 12.3. The maximum atomic E-state index is 13.8. The molecule has 0 spiro atoms. The summed E-state index contributed by atoms with van der Waals surface area (Å²) in [5.74, 6) is 0.981. The van der Waals surface area contributed by atoms with Crippen LogP contribution in [0.3, 0.4) is 0 Å². The Kier molecular flexibility index (Phi) is 11.7. The molecule has 58 heavy (non-hydrogen) atoms. The monoisotopic (exact) mass is 792 g/mol. The van der Waals surface area contributed by atoms with Crippen molar-refractivity contribution < 1.29 is 28.7 Å². The van der Waals surface area contributed by atoms with Gasteiger partial charge in [-0.1, -0.05) is 64.1 Å². The first kappa shape index (κ1) is 40.5. The highest BCUT2D eigenvalue weighted by Gasteiger charge is 2.46. The number of amides is 4. The fourth-order valence-electron chi connectivity index (χ4n) is 9.07. The topological polar surface area (TPSA) is 175 Å². The van der Waals surface area contributed by atoms with Crippen LogP contribution in [0, 0.1) is 11.8 Å². The van der Waals surface area contributed by atoms with Crippen LogP contribution in [0.1, 0.15) is 95.5 Å². The Hall–Kier alpha value is -5.66. The van der Waals surface area contributed by atoms with Crippen LogP contribution in [0.15, 0.2) is 48.8 Å². The molecule has 2 fully saturated rings. The van der Waals surface area contributed by atoms with Gasteiger partial charge in [-0.2, -0.15) is 0 Å². The lowest BCUT2D eigenvalue weighted by atomic mass is 9.92. The second-order valence-corrected chi connectivity index (χ2v) is 16.6. The van der Waals surface area contributed by atoms with Crippen LogP contribution in [0.5, 0.6) is 0 Å². The molecule has 3 aliphatic rings. The van der Waals surface area contributed by atoms with Gasteiger partial charge >= 0.3 is 12.2 Å². The number of alkyl carbamates (subject to hydrolysis) is 2. The zero-order valence-electron chi connectivity index (χ0n) is 34.6. The predicted molar refractivity (Wildman–Crippen MR) is 219 cm³/mol. The SMILES string of the molecule is COC(=O)NC(C(=O)N1CCCC1c1ncc(-c2ccc(-c3ccc(-c4cnc(C5(C)CCCN5C(=O)C(NC(=O)OC)C(C)C)[nH]4)cc3)c3c2CCC3)[nH]1)C(C)C. The molecule has 4 N–H and O–H groups in total. The van der Waals surface area contributed by atoms with Crippen molar-refractivity contribution >= 4 is 24.0 Å². The molecule has 4 atom stereocenters. The number of methoxy groups -OCH3 is 2. The Labute approximate surface area is 339 Å². The summed E-state index contributed by atoms with van der Waals surface area (Å²) in [6.07, 6.45) is 8.73. The second kappa shape index (κ2) is 16.7. The molecule has 4 unspecified atom stereocenters. The van der Waals surface area contributed by atoms with Crippen LogP contribution < -0.4 is 10.6 Å². The Bertz CT molecular complexity index is 2160. The standard InChI is InChI=1S/C44H56N8O6/c1-25(2)36(49-42(55)57-6)39(53)51-21-9-13-35(51)38-45-24-34(47-38)32-19-18-29(30-11-8-12-31(30)32)27-14-16-28(17-15-27)33-23-46-41(48-33)44(5)20-10-22-52(44)40(54)37(26(3)4)50-43(56)58-7/h14-19,23-26,35-37H,8-13,20-22H2,1-7H3,(H,45,47)(H,46,48)(H,49,55)(H,50,56). The van der Waals surface area contributed by atoms with E-state index in [1.165, 1.54) is 30.9 Å². The molecule has 7 rings (SSSR count). The Morgan fingerprint density at radius 2 is 1.34 bits per heavy atom. The van der Waals surface area contributed by atoms with Crippen LogP contribution in [-0.4, -0.2) is 93.1 Å². The molecule has 4 amide bonds. The number of fused-ring (bicyclic) bond motifs is 1. The predicted octanol–water partition coefficient (Wildman–Crippen LogP) is 6.88. The Morgan fingerprint density at radius 3 is 2.00 bits per heavy atom. The third-order valence-corrected chi connectivity index (χ3v) is 12.3. The first-order chi connectivity index (χ1) is 27.8. The van der Waals surface area contributed by atoms with E-state index in [0.29, 0.717) is 13.1 Å². The number of benzene rings is 2. The number of H-pyrrole nitrogens is 2. The number of aromatic amines is 2. The van der Waals surface area contributed by atoms with Crippen LogP contribution in [-0.2, 0) is 37.4 Å². The summed E-state index contributed by atoms with van der Waals surface area (Å²) in [6, 6.07) is 11.3. The van der Waals surface area contributed by atoms with Crippen molar-refractivity contribution in [3.05, 3.63) is 71.6 Å². The molecule has 0 bridgehead atoms. The molecule has 2 aromatic carbocycles. The van der Waals surface area contributed by atoms with Gasteiger partial charge in [0.05, 0.1) is 49.6 Å². The molecule has 2 aromatic heterocycles. The molecule has 0 radical (unpaired) electrons. The van der Waals surface area contributed by atoms with Gasteiger partial charge < -0.3 is 39.9 Å². The maximum absolute atomic E-state index is 13.8. The number of nitrogens with one attached hydrogen (secondary N) is 4. The molecule has 4 heterocycles. The number of aromatic nitrogens is 4. The van der Waals surface area contributed by atoms with E-state index in [1.54, 1.807) is 0 Å². The fourth-order valence-corrected chi connectivity index (χ4v) is 9.07. The highest BCUT2D eigenvalue weighted by molar-refractivity contribution is 5.87. The van der Waals surface area contributed by atoms with Gasteiger partial charge in [-0.3, -0.25) is 9.59 Å². The van der Waals surface area contributed by atoms with Crippen LogP contribution in [0.4, 0.5) is 9.59 Å². The summed E-state index contributed by atoms with van der Waals surface area (Å²) in [5.41, 5.74) is 8.30. The van der Waals surface area contributed by atoms with E-state index >= 15 is 0 Å². The highest BCUT2D eigenvalue weighted by Crippen LogP contribution is 2.41. The van der Waals surface area contributed by atoms with E-state index in [9.17, 15) is 19.2 Å². The molecule has 2 saturated heterocycles. The highest BCUT2D eigenvalue weighted by atomic mass is 16.5. The number of ether oxygens (including phenoxy) is 2. The Balaban J connectivity index is 1.08. The number of hydrogen-bond donors (Lipinski definition) is 4. The molecule has 308 valence electrons. The number of hydrogen-bond acceptors (Lipinski definition) is 8. The van der Waals surface area contributed by atoms with Crippen molar-refractivity contribution in [2.75, 3.05) is 27.3 Å². The first-order valence-electron chi connectivity index (χ1n) is 20.5. The smallest absolute Gasteiger partial charge is 0.407 e. The van der Waals surface area contributed by atoms with Crippen molar-refractivity contribution in [1.29, 1.82) is 0 Å². The number of nitrogens with zero attached hydrogens (tertiary/aromatic N) is 4. The largest absolute Gasteiger partial charge is 0.453 e. The number of rotatable bonds is 11. The number of carbonyl (C=O) groups is 4. The summed E-state index contributed by atoms with van der Waals surface area (Å²) in [6.45, 7) is 10.9. The minimum atomic E-state index is -0.707. The van der Waals surface area contributed by atoms with E-state index in [4.69, 9.17) is 19.4 Å². The van der Waals surface area contributed by atoms with E-state index in [2.05, 4.69) is 57.0 Å². The van der Waals surface area contributed by atoms with Crippen LogP contribution >= 0.6 is 0 Å². The minimum absolute atomic E-state index is 0.103. The van der Waals surface area contributed by atoms with Crippen LogP contribution in [0.25, 0.3) is 33.6 Å². The maximum Gasteiger partial charge on any atom is 0.407 e. The molecule has 1 aliphatic carbocycles. The summed E-state index contributed by atoms with van der Waals surface area (Å²) >= 11 is 0. The van der Waals surface area contributed by atoms with Gasteiger partial charge in [0.1, 0.15) is 23.7 Å². The zero-order chi connectivity index (χ0) is 41.3. The van der Waals surface area contributed by atoms with Crippen molar-refractivity contribution in [2.45, 2.75) is 103 Å². The summed E-state index contributed by atoms with van der Waals surface area (Å²) in [7, 11) is 2.60. The molecular weight excluding hydrogens is 737 g/mol. The van der Waals surface area contributed by atoms with Gasteiger partial charge in [0.15, 0.2) is 0 Å². The van der Waals surface area contributed by atoms with E-state index in [1.807, 2.05) is 56.8 Å². The van der Waals surface area contributed by atoms with Gasteiger partial charge in [-0.25, -0.2) is 19.6 Å². The van der Waals surface area contributed by atoms with Gasteiger partial charge in [0.2, 0.25) is 11.8 Å². The quantitative estimate of drug-likeness (QED) is 0.127. The number of imidazole rings is 2. The van der Waals surface area contributed by atoms with Gasteiger partial charge in [0.25, 0.3) is 0 Å². The molecule has 14 nitrogen and oxygen atoms in total. The van der Waals surface area contributed by atoms with E-state index in [0.717, 1.165) is 84.7 Å². The molecule has 2 aliphatic heterocycles. The van der Waals surface area contributed by atoms with Gasteiger partial charge in [-0.05, 0) is 91.5 Å². The molecule has 0 saturated carbocycles. The lowest BCUT2D eigenvalue weighted by molar-refractivity contribution is -0.138. The number of carbonyl (C=O) groups excluding carboxylic acids is 4. The average molecular weight is 793 g/mol. The van der Waals surface area contributed by atoms with Crippen molar-refractivity contribution in [3.63, 3.8) is 0 Å². The molecule has 4 aromatic rings. The molecular formula is C44H56N8O6. The first-order valence-corrected chi connectivity index (χ1v) is 20.5. The van der Waals surface area contributed by atoms with Crippen molar-refractivity contribution in [2.24, 2.45) is 11.8 Å². The minimum Gasteiger partial charge on any atom is -0.453 e. The third kappa shape index (κ3) is 7.68. The fraction of sp³-hybridized carbons (Fsp3) is 0.500. The summed E-state index contributed by atoms with van der Waals surface area (Å²) < 4.78 is 9.59. The van der Waals surface area contributed by atoms with Gasteiger partial charge in [-0.15, -0.1) is 0 Å². The van der Waals surface area contributed by atoms with E-state index in [-0.39, 0.29) is 29.7 Å². The van der Waals surface area contributed by atoms with E-state index < -0.39 is 29.8 Å². The molecule has 14 heteroatoms. The zero-order valence-corrected chi connectivity index (χ0v) is 34.6.